The van der Waals surface area contributed by atoms with Crippen LogP contribution in [0, 0.1) is 6.92 Å². The molecule has 1 fully saturated rings. The zero-order valence-electron chi connectivity index (χ0n) is 16.4. The number of hydrogen-bond acceptors (Lipinski definition) is 4. The molecule has 2 aromatic rings. The Morgan fingerprint density at radius 2 is 1.86 bits per heavy atom. The maximum absolute atomic E-state index is 12.6. The third kappa shape index (κ3) is 5.41. The second kappa shape index (κ2) is 9.17. The van der Waals surface area contributed by atoms with Crippen LogP contribution in [0.25, 0.3) is 0 Å². The van der Waals surface area contributed by atoms with E-state index in [1.807, 2.05) is 42.8 Å². The van der Waals surface area contributed by atoms with Crippen molar-refractivity contribution < 1.29 is 18.1 Å². The molecule has 0 atom stereocenters. The smallest absolute Gasteiger partial charge is 0.277 e. The van der Waals surface area contributed by atoms with Crippen molar-refractivity contribution in [2.24, 2.45) is 0 Å². The topological polar surface area (TPSA) is 62.1 Å². The molecule has 152 valence electrons. The summed E-state index contributed by atoms with van der Waals surface area (Å²) in [5.74, 6) is 0.133. The number of nitrogens with one attached hydrogen (secondary N) is 1. The number of quaternary nitrogens is 1. The van der Waals surface area contributed by atoms with Crippen LogP contribution >= 0.6 is 11.3 Å². The van der Waals surface area contributed by atoms with Gasteiger partial charge in [-0.25, -0.2) is 8.42 Å². The van der Waals surface area contributed by atoms with Gasteiger partial charge in [0.2, 0.25) is 10.0 Å². The van der Waals surface area contributed by atoms with E-state index in [-0.39, 0.29) is 11.7 Å². The fraction of sp³-hybridized carbons (Fsp3) is 0.450. The van der Waals surface area contributed by atoms with Crippen molar-refractivity contribution in [2.75, 3.05) is 39.8 Å². The predicted octanol–water partition coefficient (Wildman–Crippen LogP) is 0.745. The molecule has 1 N–H and O–H groups in total. The number of nitrogens with zero attached hydrogens (tertiary/aromatic N) is 2. The summed E-state index contributed by atoms with van der Waals surface area (Å²) in [7, 11) is -1.48. The van der Waals surface area contributed by atoms with Gasteiger partial charge < -0.3 is 9.80 Å². The van der Waals surface area contributed by atoms with E-state index >= 15 is 0 Å². The SMILES string of the molecule is Cc1ccsc1CN(C)C(=O)C[NH+]1CCN(S(=O)(=O)Cc2ccccc2)CC1. The fourth-order valence-electron chi connectivity index (χ4n) is 3.35. The molecular formula is C20H28N3O3S2+. The van der Waals surface area contributed by atoms with Crippen molar-refractivity contribution in [3.05, 3.63) is 57.8 Å². The Bertz CT molecular complexity index is 888. The summed E-state index contributed by atoms with van der Waals surface area (Å²) >= 11 is 1.67. The number of amides is 1. The Hall–Kier alpha value is -1.74. The van der Waals surface area contributed by atoms with Crippen LogP contribution in [0.5, 0.6) is 0 Å². The number of carbonyl (C=O) groups is 1. The molecule has 1 aliphatic rings. The molecule has 1 aromatic heterocycles. The normalized spacial score (nSPS) is 16.2. The number of benzene rings is 1. The Morgan fingerprint density at radius 1 is 1.18 bits per heavy atom. The van der Waals surface area contributed by atoms with Crippen molar-refractivity contribution in [1.29, 1.82) is 0 Å². The summed E-state index contributed by atoms with van der Waals surface area (Å²) in [6, 6.07) is 11.3. The van der Waals surface area contributed by atoms with Crippen LogP contribution < -0.4 is 4.90 Å². The fourth-order valence-corrected chi connectivity index (χ4v) is 5.85. The van der Waals surface area contributed by atoms with Gasteiger partial charge in [-0.15, -0.1) is 11.3 Å². The third-order valence-electron chi connectivity index (χ3n) is 5.19. The Labute approximate surface area is 171 Å². The monoisotopic (exact) mass is 422 g/mol. The number of hydrogen-bond donors (Lipinski definition) is 1. The van der Waals surface area contributed by atoms with Crippen LogP contribution in [0.4, 0.5) is 0 Å². The highest BCUT2D eigenvalue weighted by molar-refractivity contribution is 7.88. The molecule has 0 aliphatic carbocycles. The average molecular weight is 423 g/mol. The summed E-state index contributed by atoms with van der Waals surface area (Å²) in [5, 5.41) is 2.04. The highest BCUT2D eigenvalue weighted by atomic mass is 32.2. The third-order valence-corrected chi connectivity index (χ3v) is 8.05. The van der Waals surface area contributed by atoms with Crippen LogP contribution in [0.1, 0.15) is 16.0 Å². The first-order chi connectivity index (χ1) is 13.3. The van der Waals surface area contributed by atoms with E-state index in [9.17, 15) is 13.2 Å². The maximum Gasteiger partial charge on any atom is 0.277 e. The minimum Gasteiger partial charge on any atom is -0.336 e. The predicted molar refractivity (Wildman–Crippen MR) is 112 cm³/mol. The van der Waals surface area contributed by atoms with Crippen molar-refractivity contribution in [1.82, 2.24) is 9.21 Å². The lowest BCUT2D eigenvalue weighted by Gasteiger charge is -2.32. The van der Waals surface area contributed by atoms with E-state index in [1.54, 1.807) is 20.5 Å². The lowest BCUT2D eigenvalue weighted by Crippen LogP contribution is -3.15. The molecule has 0 unspecified atom stereocenters. The second-order valence-corrected chi connectivity index (χ2v) is 10.3. The number of aryl methyl sites for hydroxylation is 1. The van der Waals surface area contributed by atoms with Crippen LogP contribution in [0.15, 0.2) is 41.8 Å². The van der Waals surface area contributed by atoms with Crippen molar-refractivity contribution in [3.63, 3.8) is 0 Å². The first-order valence-electron chi connectivity index (χ1n) is 9.47. The summed E-state index contributed by atoms with van der Waals surface area (Å²) in [6.07, 6.45) is 0. The van der Waals surface area contributed by atoms with Gasteiger partial charge in [0.1, 0.15) is 0 Å². The van der Waals surface area contributed by atoms with Gasteiger partial charge >= 0.3 is 0 Å². The highest BCUT2D eigenvalue weighted by Gasteiger charge is 2.30. The van der Waals surface area contributed by atoms with Gasteiger partial charge in [0.15, 0.2) is 6.54 Å². The number of rotatable bonds is 7. The molecule has 28 heavy (non-hydrogen) atoms. The first kappa shape index (κ1) is 21.0. The van der Waals surface area contributed by atoms with Crippen LogP contribution in [0.2, 0.25) is 0 Å². The molecule has 1 aliphatic heterocycles. The molecule has 8 heteroatoms. The van der Waals surface area contributed by atoms with E-state index < -0.39 is 10.0 Å². The zero-order valence-corrected chi connectivity index (χ0v) is 18.1. The lowest BCUT2D eigenvalue weighted by molar-refractivity contribution is -0.896. The number of sulfonamides is 1. The summed E-state index contributed by atoms with van der Waals surface area (Å²) in [5.41, 5.74) is 2.02. The number of thiophene rings is 1. The number of carbonyl (C=O) groups excluding carboxylic acids is 1. The molecule has 0 radical (unpaired) electrons. The molecule has 0 saturated carbocycles. The van der Waals surface area contributed by atoms with Gasteiger partial charge in [0.05, 0.1) is 38.5 Å². The standard InChI is InChI=1S/C20H27N3O3S2/c1-17-8-13-27-19(17)14-21(2)20(24)15-22-9-11-23(12-10-22)28(25,26)16-18-6-4-3-5-7-18/h3-8,13H,9-12,14-16H2,1-2H3/p+1. The molecular weight excluding hydrogens is 394 g/mol. The van der Waals surface area contributed by atoms with Gasteiger partial charge in [-0.3, -0.25) is 4.79 Å². The van der Waals surface area contributed by atoms with Gasteiger partial charge in [0.25, 0.3) is 5.91 Å². The average Bonchev–Trinajstić information content (AvgIpc) is 3.07. The Morgan fingerprint density at radius 3 is 2.46 bits per heavy atom. The first-order valence-corrected chi connectivity index (χ1v) is 12.0. The molecule has 0 spiro atoms. The largest absolute Gasteiger partial charge is 0.336 e. The highest BCUT2D eigenvalue weighted by Crippen LogP contribution is 2.17. The Kier molecular flexibility index (Phi) is 6.87. The summed E-state index contributed by atoms with van der Waals surface area (Å²) in [4.78, 5) is 16.7. The van der Waals surface area contributed by atoms with Gasteiger partial charge in [-0.05, 0) is 29.5 Å². The van der Waals surface area contributed by atoms with Gasteiger partial charge in [-0.1, -0.05) is 30.3 Å². The summed E-state index contributed by atoms with van der Waals surface area (Å²) in [6.45, 7) is 5.35. The molecule has 1 saturated heterocycles. The molecule has 3 rings (SSSR count). The summed E-state index contributed by atoms with van der Waals surface area (Å²) < 4.78 is 26.9. The van der Waals surface area contributed by atoms with Gasteiger partial charge in [0, 0.05) is 11.9 Å². The maximum atomic E-state index is 12.6. The van der Waals surface area contributed by atoms with Crippen LogP contribution in [-0.2, 0) is 27.1 Å². The zero-order chi connectivity index (χ0) is 20.1. The van der Waals surface area contributed by atoms with Crippen molar-refractivity contribution in [3.8, 4) is 0 Å². The minimum absolute atomic E-state index is 0.0327. The quantitative estimate of drug-likeness (QED) is 0.716. The van der Waals surface area contributed by atoms with Crippen LogP contribution in [0.3, 0.4) is 0 Å². The molecule has 6 nitrogen and oxygen atoms in total. The molecule has 2 heterocycles. The van der Waals surface area contributed by atoms with E-state index in [0.717, 1.165) is 10.5 Å². The van der Waals surface area contributed by atoms with E-state index in [4.69, 9.17) is 0 Å². The van der Waals surface area contributed by atoms with Gasteiger partial charge in [-0.2, -0.15) is 4.31 Å². The van der Waals surface area contributed by atoms with E-state index in [1.165, 1.54) is 10.4 Å². The van der Waals surface area contributed by atoms with Crippen molar-refractivity contribution in [2.45, 2.75) is 19.2 Å². The Balaban J connectivity index is 1.48. The molecule has 0 bridgehead atoms. The minimum atomic E-state index is -3.32. The second-order valence-electron chi connectivity index (χ2n) is 7.34. The molecule has 1 amide bonds. The number of piperazine rings is 1. The van der Waals surface area contributed by atoms with Crippen LogP contribution in [-0.4, -0.2) is 63.3 Å². The lowest BCUT2D eigenvalue weighted by atomic mass is 10.2. The van der Waals surface area contributed by atoms with Crippen molar-refractivity contribution >= 4 is 27.3 Å². The number of likely N-dealkylation sites (N-methyl/N-ethyl adjacent to an activating group) is 1. The van der Waals surface area contributed by atoms with E-state index in [2.05, 4.69) is 13.0 Å². The molecule has 1 aromatic carbocycles. The van der Waals surface area contributed by atoms with E-state index in [0.29, 0.717) is 39.3 Å².